The van der Waals surface area contributed by atoms with Crippen LogP contribution in [0, 0.1) is 6.92 Å². The number of hydrogen-bond donors (Lipinski definition) is 1. The van der Waals surface area contributed by atoms with E-state index in [1.165, 1.54) is 18.3 Å². The van der Waals surface area contributed by atoms with Crippen LogP contribution in [0.4, 0.5) is 5.69 Å². The van der Waals surface area contributed by atoms with Crippen molar-refractivity contribution in [3.05, 3.63) is 39.4 Å². The van der Waals surface area contributed by atoms with Crippen molar-refractivity contribution in [3.8, 4) is 0 Å². The minimum absolute atomic E-state index is 0.118. The molecule has 0 spiro atoms. The Morgan fingerprint density at radius 3 is 2.81 bits per heavy atom. The Bertz CT molecular complexity index is 616. The van der Waals surface area contributed by atoms with Crippen molar-refractivity contribution >= 4 is 33.0 Å². The molecule has 1 aromatic heterocycles. The van der Waals surface area contributed by atoms with Crippen LogP contribution in [0.2, 0.25) is 0 Å². The molecule has 0 aliphatic rings. The predicted molar refractivity (Wildman–Crippen MR) is 67.1 cm³/mol. The van der Waals surface area contributed by atoms with Gasteiger partial charge in [0, 0.05) is 22.4 Å². The van der Waals surface area contributed by atoms with Crippen molar-refractivity contribution in [1.82, 2.24) is 0 Å². The van der Waals surface area contributed by atoms with Crippen LogP contribution >= 0.6 is 11.3 Å². The molecular weight excluding hydrogens is 222 g/mol. The van der Waals surface area contributed by atoms with Gasteiger partial charge in [-0.05, 0) is 19.1 Å². The molecule has 0 saturated heterocycles. The predicted octanol–water partition coefficient (Wildman–Crippen LogP) is 2.53. The summed E-state index contributed by atoms with van der Waals surface area (Å²) in [6.07, 6.45) is 0. The molecule has 2 aromatic rings. The first-order valence-corrected chi connectivity index (χ1v) is 5.75. The molecule has 4 heteroatoms. The number of anilines is 1. The topological polar surface area (TPSA) is 46.2 Å². The Hall–Kier alpha value is -1.68. The minimum atomic E-state index is -0.226. The van der Waals surface area contributed by atoms with Gasteiger partial charge in [-0.1, -0.05) is 11.6 Å². The Morgan fingerprint density at radius 1 is 1.38 bits per heavy atom. The van der Waals surface area contributed by atoms with Gasteiger partial charge in [0.15, 0.2) is 0 Å². The third-order valence-corrected chi connectivity index (χ3v) is 3.20. The Balaban J connectivity index is 2.68. The zero-order chi connectivity index (χ0) is 11.7. The highest BCUT2D eigenvalue weighted by Gasteiger charge is 2.06. The van der Waals surface area contributed by atoms with Crippen LogP contribution in [-0.4, -0.2) is 5.91 Å². The van der Waals surface area contributed by atoms with E-state index in [2.05, 4.69) is 5.32 Å². The molecule has 0 radical (unpaired) electrons. The molecule has 82 valence electrons. The summed E-state index contributed by atoms with van der Waals surface area (Å²) in [5.74, 6) is -0.226. The molecule has 1 heterocycles. The molecule has 3 nitrogen and oxygen atoms in total. The van der Waals surface area contributed by atoms with E-state index in [9.17, 15) is 9.59 Å². The molecule has 0 aliphatic carbocycles. The largest absolute Gasteiger partial charge is 0.322 e. The fraction of sp³-hybridized carbons (Fsp3) is 0.167. The number of hydrogen-bond acceptors (Lipinski definition) is 3. The lowest BCUT2D eigenvalue weighted by Crippen LogP contribution is -2.14. The molecule has 0 unspecified atom stereocenters. The third-order valence-electron chi connectivity index (χ3n) is 2.24. The van der Waals surface area contributed by atoms with Gasteiger partial charge in [0.2, 0.25) is 11.3 Å². The first-order valence-electron chi connectivity index (χ1n) is 4.87. The van der Waals surface area contributed by atoms with Gasteiger partial charge in [0.05, 0.1) is 5.69 Å². The van der Waals surface area contributed by atoms with E-state index in [4.69, 9.17) is 0 Å². The van der Waals surface area contributed by atoms with Gasteiger partial charge >= 0.3 is 0 Å². The first-order chi connectivity index (χ1) is 7.58. The lowest BCUT2D eigenvalue weighted by molar-refractivity contribution is -0.114. The van der Waals surface area contributed by atoms with Crippen LogP contribution in [0.25, 0.3) is 10.1 Å². The quantitative estimate of drug-likeness (QED) is 0.822. The minimum Gasteiger partial charge on any atom is -0.322 e. The molecule has 1 amide bonds. The van der Waals surface area contributed by atoms with E-state index in [-0.39, 0.29) is 11.3 Å². The highest BCUT2D eigenvalue weighted by atomic mass is 32.1. The first kappa shape index (κ1) is 10.8. The molecule has 0 bridgehead atoms. The summed E-state index contributed by atoms with van der Waals surface area (Å²) in [4.78, 5) is 22.9. The van der Waals surface area contributed by atoms with Crippen LogP contribution in [0.1, 0.15) is 12.5 Å². The molecule has 2 rings (SSSR count). The molecule has 0 fully saturated rings. The summed E-state index contributed by atoms with van der Waals surface area (Å²) in [6, 6.07) is 5.74. The van der Waals surface area contributed by atoms with Crippen molar-refractivity contribution in [2.24, 2.45) is 0 Å². The van der Waals surface area contributed by atoms with E-state index in [1.807, 2.05) is 25.1 Å². The van der Waals surface area contributed by atoms with E-state index in [0.29, 0.717) is 11.1 Å². The van der Waals surface area contributed by atoms with E-state index in [0.717, 1.165) is 10.3 Å². The van der Waals surface area contributed by atoms with Gasteiger partial charge in [0.1, 0.15) is 0 Å². The lowest BCUT2D eigenvalue weighted by atomic mass is 10.2. The standard InChI is InChI=1S/C12H11NO2S/c1-7-3-4-11-9(5-7)12(15)10(6-16-11)13-8(2)14/h3-6H,1-2H3,(H,13,14). The number of carbonyl (C=O) groups excluding carboxylic acids is 1. The van der Waals surface area contributed by atoms with Gasteiger partial charge in [-0.3, -0.25) is 9.59 Å². The average Bonchev–Trinajstić information content (AvgIpc) is 2.22. The maximum absolute atomic E-state index is 12.0. The van der Waals surface area contributed by atoms with Gasteiger partial charge in [-0.25, -0.2) is 0 Å². The van der Waals surface area contributed by atoms with Crippen molar-refractivity contribution in [1.29, 1.82) is 0 Å². The summed E-state index contributed by atoms with van der Waals surface area (Å²) in [5, 5.41) is 4.89. The second kappa shape index (κ2) is 4.06. The maximum Gasteiger partial charge on any atom is 0.221 e. The van der Waals surface area contributed by atoms with Crippen LogP contribution in [0.15, 0.2) is 28.4 Å². The molecule has 16 heavy (non-hydrogen) atoms. The second-order valence-corrected chi connectivity index (χ2v) is 4.57. The van der Waals surface area contributed by atoms with Gasteiger partial charge in [-0.15, -0.1) is 11.3 Å². The van der Waals surface area contributed by atoms with Crippen molar-refractivity contribution < 1.29 is 4.79 Å². The summed E-state index contributed by atoms with van der Waals surface area (Å²) in [6.45, 7) is 3.33. The Labute approximate surface area is 96.7 Å². The SMILES string of the molecule is CC(=O)Nc1csc2ccc(C)cc2c1=O. The van der Waals surface area contributed by atoms with Crippen LogP contribution < -0.4 is 10.7 Å². The zero-order valence-electron chi connectivity index (χ0n) is 9.03. The fourth-order valence-corrected chi connectivity index (χ4v) is 2.36. The summed E-state index contributed by atoms with van der Waals surface area (Å²) in [7, 11) is 0. The smallest absolute Gasteiger partial charge is 0.221 e. The monoisotopic (exact) mass is 233 g/mol. The Morgan fingerprint density at radius 2 is 2.12 bits per heavy atom. The number of aryl methyl sites for hydroxylation is 1. The maximum atomic E-state index is 12.0. The zero-order valence-corrected chi connectivity index (χ0v) is 9.85. The Kier molecular flexibility index (Phi) is 2.75. The van der Waals surface area contributed by atoms with E-state index in [1.54, 1.807) is 5.38 Å². The summed E-state index contributed by atoms with van der Waals surface area (Å²) in [5.41, 5.74) is 1.28. The van der Waals surface area contributed by atoms with Gasteiger partial charge in [0.25, 0.3) is 0 Å². The number of amides is 1. The van der Waals surface area contributed by atoms with E-state index < -0.39 is 0 Å². The van der Waals surface area contributed by atoms with Crippen LogP contribution in [0.5, 0.6) is 0 Å². The average molecular weight is 233 g/mol. The number of fused-ring (bicyclic) bond motifs is 1. The molecule has 0 aliphatic heterocycles. The molecule has 1 aromatic carbocycles. The van der Waals surface area contributed by atoms with E-state index >= 15 is 0 Å². The highest BCUT2D eigenvalue weighted by Crippen LogP contribution is 2.20. The molecule has 0 saturated carbocycles. The van der Waals surface area contributed by atoms with Gasteiger partial charge in [-0.2, -0.15) is 0 Å². The number of rotatable bonds is 1. The third kappa shape index (κ3) is 1.97. The summed E-state index contributed by atoms with van der Waals surface area (Å²) >= 11 is 1.45. The van der Waals surface area contributed by atoms with Gasteiger partial charge < -0.3 is 5.32 Å². The van der Waals surface area contributed by atoms with Crippen molar-refractivity contribution in [2.75, 3.05) is 5.32 Å². The van der Waals surface area contributed by atoms with Crippen LogP contribution in [0.3, 0.4) is 0 Å². The van der Waals surface area contributed by atoms with Crippen molar-refractivity contribution in [3.63, 3.8) is 0 Å². The van der Waals surface area contributed by atoms with Crippen molar-refractivity contribution in [2.45, 2.75) is 13.8 Å². The molecule has 1 N–H and O–H groups in total. The second-order valence-electron chi connectivity index (χ2n) is 3.66. The highest BCUT2D eigenvalue weighted by molar-refractivity contribution is 7.16. The molecular formula is C12H11NO2S. The van der Waals surface area contributed by atoms with Crippen LogP contribution in [-0.2, 0) is 4.79 Å². The summed E-state index contributed by atoms with van der Waals surface area (Å²) < 4.78 is 0.935. The lowest BCUT2D eigenvalue weighted by Gasteiger charge is -2.03. The normalized spacial score (nSPS) is 10.4. The number of nitrogens with one attached hydrogen (secondary N) is 1. The molecule has 0 atom stereocenters. The number of benzene rings is 1. The number of carbonyl (C=O) groups is 1. The fourth-order valence-electron chi connectivity index (χ4n) is 1.52.